The Balaban J connectivity index is 2.06. The zero-order valence-corrected chi connectivity index (χ0v) is 16.0. The molecule has 2 nitrogen and oxygen atoms in total. The van der Waals surface area contributed by atoms with Gasteiger partial charge in [0.25, 0.3) is 0 Å². The van der Waals surface area contributed by atoms with Gasteiger partial charge in [-0.2, -0.15) is 26.3 Å². The standard InChI is InChI=1S/C20H19ClF6N2/c21-17-7-4-14(12-16(17)20(25,26)27)18(29-10-1-8-28-9-11-29)13-2-5-15(6-3-13)19(22,23)24/h2-7,12,18,28H,1,8-11H2. The lowest BCUT2D eigenvalue weighted by molar-refractivity contribution is -0.138. The normalized spacial score (nSPS) is 17.8. The van der Waals surface area contributed by atoms with Crippen LogP contribution in [0.1, 0.15) is 34.7 Å². The fraction of sp³-hybridized carbons (Fsp3) is 0.400. The first-order valence-corrected chi connectivity index (χ1v) is 9.44. The van der Waals surface area contributed by atoms with Crippen LogP contribution >= 0.6 is 11.6 Å². The molecule has 29 heavy (non-hydrogen) atoms. The Morgan fingerprint density at radius 3 is 2.10 bits per heavy atom. The van der Waals surface area contributed by atoms with E-state index in [4.69, 9.17) is 11.6 Å². The van der Waals surface area contributed by atoms with Crippen LogP contribution in [0.2, 0.25) is 5.02 Å². The topological polar surface area (TPSA) is 15.3 Å². The smallest absolute Gasteiger partial charge is 0.315 e. The summed E-state index contributed by atoms with van der Waals surface area (Å²) in [6.45, 7) is 2.56. The second kappa shape index (κ2) is 8.53. The van der Waals surface area contributed by atoms with Crippen LogP contribution in [0.4, 0.5) is 26.3 Å². The summed E-state index contributed by atoms with van der Waals surface area (Å²) >= 11 is 5.75. The van der Waals surface area contributed by atoms with E-state index < -0.39 is 34.5 Å². The van der Waals surface area contributed by atoms with Gasteiger partial charge in [0.2, 0.25) is 0 Å². The van der Waals surface area contributed by atoms with Crippen LogP contribution in [-0.4, -0.2) is 31.1 Å². The van der Waals surface area contributed by atoms with Gasteiger partial charge in [0.05, 0.1) is 22.2 Å². The molecule has 0 spiro atoms. The number of nitrogens with one attached hydrogen (secondary N) is 1. The molecular formula is C20H19ClF6N2. The maximum absolute atomic E-state index is 13.4. The van der Waals surface area contributed by atoms with E-state index in [9.17, 15) is 26.3 Å². The van der Waals surface area contributed by atoms with Crippen molar-refractivity contribution in [1.29, 1.82) is 0 Å². The number of nitrogens with zero attached hydrogens (tertiary/aromatic N) is 1. The second-order valence-corrected chi connectivity index (χ2v) is 7.31. The molecule has 1 aliphatic heterocycles. The zero-order chi connectivity index (χ0) is 21.2. The average molecular weight is 437 g/mol. The van der Waals surface area contributed by atoms with E-state index in [2.05, 4.69) is 5.32 Å². The predicted molar refractivity (Wildman–Crippen MR) is 98.8 cm³/mol. The molecule has 1 atom stereocenters. The van der Waals surface area contributed by atoms with E-state index in [1.54, 1.807) is 0 Å². The molecular weight excluding hydrogens is 418 g/mol. The van der Waals surface area contributed by atoms with Gasteiger partial charge in [-0.15, -0.1) is 0 Å². The molecule has 1 unspecified atom stereocenters. The van der Waals surface area contributed by atoms with E-state index >= 15 is 0 Å². The van der Waals surface area contributed by atoms with Crippen molar-refractivity contribution in [3.63, 3.8) is 0 Å². The van der Waals surface area contributed by atoms with E-state index in [0.717, 1.165) is 31.2 Å². The lowest BCUT2D eigenvalue weighted by Gasteiger charge is -2.32. The molecule has 0 amide bonds. The Morgan fingerprint density at radius 1 is 0.828 bits per heavy atom. The van der Waals surface area contributed by atoms with Gasteiger partial charge in [-0.1, -0.05) is 29.8 Å². The molecule has 0 aromatic heterocycles. The number of alkyl halides is 6. The third-order valence-corrected chi connectivity index (χ3v) is 5.23. The van der Waals surface area contributed by atoms with Crippen molar-refractivity contribution in [1.82, 2.24) is 10.2 Å². The summed E-state index contributed by atoms with van der Waals surface area (Å²) in [7, 11) is 0. The average Bonchev–Trinajstić information content (AvgIpc) is 2.91. The number of rotatable bonds is 3. The van der Waals surface area contributed by atoms with Gasteiger partial charge in [0.1, 0.15) is 0 Å². The summed E-state index contributed by atoms with van der Waals surface area (Å²) in [6.07, 6.45) is -8.33. The van der Waals surface area contributed by atoms with Crippen molar-refractivity contribution < 1.29 is 26.3 Å². The molecule has 0 aliphatic carbocycles. The first-order valence-electron chi connectivity index (χ1n) is 9.06. The summed E-state index contributed by atoms with van der Waals surface area (Å²) in [5.41, 5.74) is -0.926. The molecule has 1 N–H and O–H groups in total. The molecule has 3 rings (SSSR count). The number of halogens is 7. The lowest BCUT2D eigenvalue weighted by Crippen LogP contribution is -2.33. The van der Waals surface area contributed by atoms with Gasteiger partial charge in [0.15, 0.2) is 0 Å². The number of hydrogen-bond donors (Lipinski definition) is 1. The summed E-state index contributed by atoms with van der Waals surface area (Å²) in [5.74, 6) is 0. The molecule has 0 radical (unpaired) electrons. The Hall–Kier alpha value is -1.77. The zero-order valence-electron chi connectivity index (χ0n) is 15.2. The quantitative estimate of drug-likeness (QED) is 0.615. The minimum absolute atomic E-state index is 0.336. The Bertz CT molecular complexity index is 824. The van der Waals surface area contributed by atoms with Crippen molar-refractivity contribution in [2.75, 3.05) is 26.2 Å². The van der Waals surface area contributed by atoms with Gasteiger partial charge in [-0.3, -0.25) is 4.90 Å². The fourth-order valence-electron chi connectivity index (χ4n) is 3.52. The first-order chi connectivity index (χ1) is 13.6. The number of benzene rings is 2. The van der Waals surface area contributed by atoms with Crippen molar-refractivity contribution in [2.45, 2.75) is 24.8 Å². The molecule has 0 saturated carbocycles. The predicted octanol–water partition coefficient (Wildman–Crippen LogP) is 5.76. The number of hydrogen-bond acceptors (Lipinski definition) is 2. The molecule has 1 fully saturated rings. The Kier molecular flexibility index (Phi) is 6.45. The van der Waals surface area contributed by atoms with Crippen LogP contribution < -0.4 is 5.32 Å². The highest BCUT2D eigenvalue weighted by Crippen LogP contribution is 2.39. The molecule has 0 bridgehead atoms. The second-order valence-electron chi connectivity index (χ2n) is 6.90. The minimum Gasteiger partial charge on any atom is -0.315 e. The van der Waals surface area contributed by atoms with E-state index in [-0.39, 0.29) is 0 Å². The lowest BCUT2D eigenvalue weighted by atomic mass is 9.94. The van der Waals surface area contributed by atoms with Gasteiger partial charge in [0, 0.05) is 19.6 Å². The summed E-state index contributed by atoms with van der Waals surface area (Å²) in [5, 5.41) is 2.81. The minimum atomic E-state index is -4.63. The van der Waals surface area contributed by atoms with Gasteiger partial charge in [-0.05, 0) is 48.4 Å². The van der Waals surface area contributed by atoms with Crippen LogP contribution in [0.5, 0.6) is 0 Å². The summed E-state index contributed by atoms with van der Waals surface area (Å²) in [4.78, 5) is 1.98. The molecule has 158 valence electrons. The molecule has 9 heteroatoms. The maximum Gasteiger partial charge on any atom is 0.417 e. The molecule has 2 aromatic rings. The molecule has 1 aliphatic rings. The van der Waals surface area contributed by atoms with E-state index in [0.29, 0.717) is 30.8 Å². The van der Waals surface area contributed by atoms with Crippen LogP contribution in [0.25, 0.3) is 0 Å². The first kappa shape index (κ1) is 21.9. The van der Waals surface area contributed by atoms with Crippen molar-refractivity contribution in [2.24, 2.45) is 0 Å². The summed E-state index contributed by atoms with van der Waals surface area (Å²) in [6, 6.07) is 7.63. The molecule has 1 heterocycles. The van der Waals surface area contributed by atoms with Crippen molar-refractivity contribution in [3.8, 4) is 0 Å². The monoisotopic (exact) mass is 436 g/mol. The highest BCUT2D eigenvalue weighted by atomic mass is 35.5. The van der Waals surface area contributed by atoms with Gasteiger partial charge < -0.3 is 5.32 Å². The highest BCUT2D eigenvalue weighted by molar-refractivity contribution is 6.31. The fourth-order valence-corrected chi connectivity index (χ4v) is 3.75. The Labute approximate surface area is 169 Å². The van der Waals surface area contributed by atoms with Crippen LogP contribution in [0.15, 0.2) is 42.5 Å². The van der Waals surface area contributed by atoms with Crippen LogP contribution in [0, 0.1) is 0 Å². The third kappa shape index (κ3) is 5.24. The van der Waals surface area contributed by atoms with Gasteiger partial charge >= 0.3 is 12.4 Å². The summed E-state index contributed by atoms with van der Waals surface area (Å²) < 4.78 is 78.8. The molecule has 2 aromatic carbocycles. The highest BCUT2D eigenvalue weighted by Gasteiger charge is 2.35. The van der Waals surface area contributed by atoms with Crippen LogP contribution in [-0.2, 0) is 12.4 Å². The SMILES string of the molecule is FC(F)(F)c1ccc(C(c2ccc(Cl)c(C(F)(F)F)c2)N2CCCNCC2)cc1. The van der Waals surface area contributed by atoms with Gasteiger partial charge in [-0.25, -0.2) is 0 Å². The van der Waals surface area contributed by atoms with Crippen molar-refractivity contribution in [3.05, 3.63) is 69.7 Å². The van der Waals surface area contributed by atoms with Crippen molar-refractivity contribution >= 4 is 11.6 Å². The van der Waals surface area contributed by atoms with E-state index in [1.165, 1.54) is 24.3 Å². The van der Waals surface area contributed by atoms with Crippen LogP contribution in [0.3, 0.4) is 0 Å². The largest absolute Gasteiger partial charge is 0.417 e. The van der Waals surface area contributed by atoms with E-state index in [1.807, 2.05) is 4.90 Å². The Morgan fingerprint density at radius 2 is 1.48 bits per heavy atom. The molecule has 1 saturated heterocycles. The third-order valence-electron chi connectivity index (χ3n) is 4.91. The maximum atomic E-state index is 13.4.